The molecule has 1 saturated carbocycles. The molecular formula is C15H18N2O3. The van der Waals surface area contributed by atoms with E-state index in [0.717, 1.165) is 17.5 Å². The number of aromatic carboxylic acids is 1. The third-order valence-corrected chi connectivity index (χ3v) is 4.27. The molecule has 106 valence electrons. The number of rotatable bonds is 2. The smallest absolute Gasteiger partial charge is 0.335 e. The summed E-state index contributed by atoms with van der Waals surface area (Å²) in [4.78, 5) is 24.8. The molecule has 1 aromatic carbocycles. The lowest BCUT2D eigenvalue weighted by Gasteiger charge is -2.17. The number of nitrogens with one attached hydrogen (secondary N) is 1. The maximum atomic E-state index is 12.2. The second kappa shape index (κ2) is 4.23. The fraction of sp³-hybridized carbons (Fsp3) is 0.467. The molecule has 3 rings (SSSR count). The van der Waals surface area contributed by atoms with Crippen molar-refractivity contribution in [2.45, 2.75) is 39.4 Å². The van der Waals surface area contributed by atoms with Crippen LogP contribution in [0.15, 0.2) is 18.2 Å². The van der Waals surface area contributed by atoms with Crippen LogP contribution < -0.4 is 5.32 Å². The Morgan fingerprint density at radius 3 is 2.55 bits per heavy atom. The van der Waals surface area contributed by atoms with E-state index in [9.17, 15) is 9.59 Å². The van der Waals surface area contributed by atoms with E-state index in [1.165, 1.54) is 0 Å². The van der Waals surface area contributed by atoms with E-state index in [4.69, 9.17) is 5.11 Å². The van der Waals surface area contributed by atoms with Gasteiger partial charge in [-0.1, -0.05) is 19.9 Å². The van der Waals surface area contributed by atoms with Crippen molar-refractivity contribution in [3.8, 4) is 0 Å². The molecule has 1 unspecified atom stereocenters. The number of nitrogens with zero attached hydrogens (tertiary/aromatic N) is 1. The average molecular weight is 274 g/mol. The third-order valence-electron chi connectivity index (χ3n) is 4.27. The minimum atomic E-state index is -0.935. The van der Waals surface area contributed by atoms with Crippen LogP contribution in [0.2, 0.25) is 0 Å². The van der Waals surface area contributed by atoms with Gasteiger partial charge in [-0.25, -0.2) is 9.59 Å². The topological polar surface area (TPSA) is 69.6 Å². The van der Waals surface area contributed by atoms with Crippen LogP contribution in [0, 0.1) is 5.41 Å². The lowest BCUT2D eigenvalue weighted by Crippen LogP contribution is -2.38. The normalized spacial score (nSPS) is 22.3. The summed E-state index contributed by atoms with van der Waals surface area (Å²) in [5.74, 6) is -0.935. The van der Waals surface area contributed by atoms with Gasteiger partial charge in [0.1, 0.15) is 0 Å². The van der Waals surface area contributed by atoms with E-state index < -0.39 is 5.97 Å². The van der Waals surface area contributed by atoms with Crippen LogP contribution in [-0.2, 0) is 13.1 Å². The second-order valence-electron chi connectivity index (χ2n) is 6.34. The van der Waals surface area contributed by atoms with E-state index in [2.05, 4.69) is 19.2 Å². The van der Waals surface area contributed by atoms with Crippen LogP contribution in [0.5, 0.6) is 0 Å². The van der Waals surface area contributed by atoms with E-state index in [1.54, 1.807) is 23.1 Å². The zero-order chi connectivity index (χ0) is 14.5. The fourth-order valence-electron chi connectivity index (χ4n) is 2.63. The standard InChI is InChI=1S/C15H18N2O3/c1-15(2)6-12(15)16-14(20)17-7-10-4-3-9(13(18)19)5-11(10)8-17/h3-5,12H,6-8H2,1-2H3,(H,16,20)(H,18,19). The Labute approximate surface area is 117 Å². The first-order valence-electron chi connectivity index (χ1n) is 6.77. The van der Waals surface area contributed by atoms with Gasteiger partial charge in [0.05, 0.1) is 5.56 Å². The molecule has 0 spiro atoms. The van der Waals surface area contributed by atoms with E-state index in [1.807, 2.05) is 0 Å². The minimum Gasteiger partial charge on any atom is -0.478 e. The van der Waals surface area contributed by atoms with Gasteiger partial charge < -0.3 is 15.3 Å². The maximum Gasteiger partial charge on any atom is 0.335 e. The van der Waals surface area contributed by atoms with Crippen molar-refractivity contribution in [1.82, 2.24) is 10.2 Å². The highest BCUT2D eigenvalue weighted by Gasteiger charge is 2.47. The maximum absolute atomic E-state index is 12.2. The molecule has 1 aliphatic carbocycles. The Balaban J connectivity index is 1.67. The summed E-state index contributed by atoms with van der Waals surface area (Å²) in [5, 5.41) is 12.0. The molecule has 2 aliphatic rings. The Kier molecular flexibility index (Phi) is 2.74. The van der Waals surface area contributed by atoms with Crippen LogP contribution in [0.3, 0.4) is 0 Å². The largest absolute Gasteiger partial charge is 0.478 e. The van der Waals surface area contributed by atoms with Gasteiger partial charge >= 0.3 is 12.0 Å². The minimum absolute atomic E-state index is 0.0614. The van der Waals surface area contributed by atoms with Crippen molar-refractivity contribution in [1.29, 1.82) is 0 Å². The molecule has 0 bridgehead atoms. The van der Waals surface area contributed by atoms with Crippen LogP contribution in [-0.4, -0.2) is 28.0 Å². The van der Waals surface area contributed by atoms with Gasteiger partial charge in [0.15, 0.2) is 0 Å². The van der Waals surface area contributed by atoms with Gasteiger partial charge in [-0.15, -0.1) is 0 Å². The van der Waals surface area contributed by atoms with Crippen molar-refractivity contribution in [3.05, 3.63) is 34.9 Å². The number of amides is 2. The summed E-state index contributed by atoms with van der Waals surface area (Å²) in [5.41, 5.74) is 2.43. The van der Waals surface area contributed by atoms with Gasteiger partial charge in [-0.2, -0.15) is 0 Å². The lowest BCUT2D eigenvalue weighted by atomic mass is 10.1. The summed E-state index contributed by atoms with van der Waals surface area (Å²) < 4.78 is 0. The third kappa shape index (κ3) is 2.24. The van der Waals surface area contributed by atoms with Gasteiger partial charge in [0.25, 0.3) is 0 Å². The molecule has 1 atom stereocenters. The van der Waals surface area contributed by atoms with Crippen molar-refractivity contribution in [2.75, 3.05) is 0 Å². The highest BCUT2D eigenvalue weighted by atomic mass is 16.4. The van der Waals surface area contributed by atoms with Crippen molar-refractivity contribution >= 4 is 12.0 Å². The average Bonchev–Trinajstić information content (AvgIpc) is 2.82. The Hall–Kier alpha value is -2.04. The Bertz CT molecular complexity index is 595. The van der Waals surface area contributed by atoms with Gasteiger partial charge in [-0.05, 0) is 35.1 Å². The zero-order valence-electron chi connectivity index (χ0n) is 11.6. The molecule has 1 aromatic rings. The van der Waals surface area contributed by atoms with E-state index in [-0.39, 0.29) is 23.1 Å². The number of hydrogen-bond acceptors (Lipinski definition) is 2. The number of fused-ring (bicyclic) bond motifs is 1. The second-order valence-corrected chi connectivity index (χ2v) is 6.34. The molecule has 5 nitrogen and oxygen atoms in total. The molecule has 0 aromatic heterocycles. The SMILES string of the molecule is CC1(C)CC1NC(=O)N1Cc2ccc(C(=O)O)cc2C1. The lowest BCUT2D eigenvalue weighted by molar-refractivity contribution is 0.0696. The summed E-state index contributed by atoms with van der Waals surface area (Å²) in [6.45, 7) is 5.30. The number of carbonyl (C=O) groups is 2. The first kappa shape index (κ1) is 13.0. The van der Waals surface area contributed by atoms with Gasteiger partial charge in [0.2, 0.25) is 0 Å². The number of urea groups is 1. The molecule has 5 heteroatoms. The van der Waals surface area contributed by atoms with Crippen LogP contribution in [0.25, 0.3) is 0 Å². The first-order valence-corrected chi connectivity index (χ1v) is 6.77. The first-order chi connectivity index (χ1) is 9.37. The number of hydrogen-bond donors (Lipinski definition) is 2. The zero-order valence-corrected chi connectivity index (χ0v) is 11.6. The molecule has 2 amide bonds. The van der Waals surface area contributed by atoms with Gasteiger partial charge in [0, 0.05) is 19.1 Å². The molecule has 1 fully saturated rings. The number of carboxylic acid groups (broad SMARTS) is 1. The predicted octanol–water partition coefficient (Wildman–Crippen LogP) is 2.21. The van der Waals surface area contributed by atoms with E-state index in [0.29, 0.717) is 13.1 Å². The summed E-state index contributed by atoms with van der Waals surface area (Å²) in [7, 11) is 0. The molecule has 20 heavy (non-hydrogen) atoms. The Morgan fingerprint density at radius 2 is 1.95 bits per heavy atom. The quantitative estimate of drug-likeness (QED) is 0.868. The monoisotopic (exact) mass is 274 g/mol. The van der Waals surface area contributed by atoms with Gasteiger partial charge in [-0.3, -0.25) is 0 Å². The molecule has 1 heterocycles. The number of carbonyl (C=O) groups excluding carboxylic acids is 1. The van der Waals surface area contributed by atoms with Crippen LogP contribution in [0.4, 0.5) is 4.79 Å². The highest BCUT2D eigenvalue weighted by molar-refractivity contribution is 5.88. The Morgan fingerprint density at radius 1 is 1.30 bits per heavy atom. The van der Waals surface area contributed by atoms with Crippen molar-refractivity contribution < 1.29 is 14.7 Å². The molecular weight excluding hydrogens is 256 g/mol. The summed E-state index contributed by atoms with van der Waals surface area (Å²) in [6.07, 6.45) is 1.02. The van der Waals surface area contributed by atoms with E-state index >= 15 is 0 Å². The van der Waals surface area contributed by atoms with Crippen LogP contribution in [0.1, 0.15) is 41.8 Å². The number of benzene rings is 1. The molecule has 0 saturated heterocycles. The molecule has 0 radical (unpaired) electrons. The molecule has 1 aliphatic heterocycles. The van der Waals surface area contributed by atoms with Crippen molar-refractivity contribution in [2.24, 2.45) is 5.41 Å². The summed E-state index contributed by atoms with van der Waals surface area (Å²) in [6, 6.07) is 5.24. The fourth-order valence-corrected chi connectivity index (χ4v) is 2.63. The van der Waals surface area contributed by atoms with Crippen molar-refractivity contribution in [3.63, 3.8) is 0 Å². The summed E-state index contributed by atoms with van der Waals surface area (Å²) >= 11 is 0. The predicted molar refractivity (Wildman–Crippen MR) is 73.4 cm³/mol. The molecule has 2 N–H and O–H groups in total. The van der Waals surface area contributed by atoms with Crippen LogP contribution >= 0.6 is 0 Å². The highest BCUT2D eigenvalue weighted by Crippen LogP contribution is 2.44. The number of carboxylic acids is 1.